The molecule has 0 aliphatic carbocycles. The Balaban J connectivity index is 1.91. The van der Waals surface area contributed by atoms with Crippen LogP contribution in [0.2, 0.25) is 0 Å². The van der Waals surface area contributed by atoms with Gasteiger partial charge in [0, 0.05) is 22.5 Å². The number of aromatic nitrogens is 4. The van der Waals surface area contributed by atoms with Crippen LogP contribution in [-0.2, 0) is 6.42 Å². The summed E-state index contributed by atoms with van der Waals surface area (Å²) in [5.74, 6) is 0.818. The molecule has 0 radical (unpaired) electrons. The summed E-state index contributed by atoms with van der Waals surface area (Å²) in [6.07, 6.45) is 2.43. The van der Waals surface area contributed by atoms with Gasteiger partial charge in [0.15, 0.2) is 0 Å². The fraction of sp³-hybridized carbons (Fsp3) is 0.167. The molecule has 8 heteroatoms. The minimum absolute atomic E-state index is 0.386. The number of hydrogen-bond acceptors (Lipinski definition) is 7. The van der Waals surface area contributed by atoms with E-state index in [4.69, 9.17) is 10.3 Å². The molecule has 0 saturated carbocycles. The van der Waals surface area contributed by atoms with Gasteiger partial charge in [0.25, 0.3) is 5.89 Å². The van der Waals surface area contributed by atoms with Crippen LogP contribution in [0.15, 0.2) is 32.7 Å². The average molecular weight is 352 g/mol. The summed E-state index contributed by atoms with van der Waals surface area (Å²) >= 11 is 4.94. The molecule has 0 atom stereocenters. The van der Waals surface area contributed by atoms with Crippen molar-refractivity contribution in [3.63, 3.8) is 0 Å². The first-order valence-corrected chi connectivity index (χ1v) is 7.54. The van der Waals surface area contributed by atoms with E-state index in [0.29, 0.717) is 29.6 Å². The highest BCUT2D eigenvalue weighted by Gasteiger charge is 2.15. The molecule has 0 aromatic carbocycles. The molecule has 0 spiro atoms. The SMILES string of the molecule is NCCc1nc(-c2nc(-c3ncccc3Br)no2)cs1. The molecule has 0 unspecified atom stereocenters. The monoisotopic (exact) mass is 351 g/mol. The number of nitrogens with zero attached hydrogens (tertiary/aromatic N) is 4. The van der Waals surface area contributed by atoms with E-state index in [1.54, 1.807) is 6.20 Å². The zero-order chi connectivity index (χ0) is 13.9. The van der Waals surface area contributed by atoms with Crippen LogP contribution >= 0.6 is 27.3 Å². The molecule has 20 heavy (non-hydrogen) atoms. The van der Waals surface area contributed by atoms with Crippen molar-refractivity contribution in [2.24, 2.45) is 5.73 Å². The van der Waals surface area contributed by atoms with Crippen LogP contribution < -0.4 is 5.73 Å². The first-order valence-electron chi connectivity index (χ1n) is 5.87. The normalized spacial score (nSPS) is 10.9. The molecule has 3 aromatic rings. The van der Waals surface area contributed by atoms with Crippen LogP contribution in [-0.4, -0.2) is 26.7 Å². The van der Waals surface area contributed by atoms with Gasteiger partial charge in [0.05, 0.1) is 5.01 Å². The van der Waals surface area contributed by atoms with Crippen molar-refractivity contribution in [3.05, 3.63) is 33.2 Å². The predicted octanol–water partition coefficient (Wildman–Crippen LogP) is 2.52. The van der Waals surface area contributed by atoms with Gasteiger partial charge < -0.3 is 10.3 Å². The van der Waals surface area contributed by atoms with Gasteiger partial charge in [-0.25, -0.2) is 4.98 Å². The van der Waals surface area contributed by atoms with Gasteiger partial charge in [0.2, 0.25) is 5.82 Å². The highest BCUT2D eigenvalue weighted by atomic mass is 79.9. The summed E-state index contributed by atoms with van der Waals surface area (Å²) in [4.78, 5) is 13.0. The van der Waals surface area contributed by atoms with E-state index >= 15 is 0 Å². The third-order valence-electron chi connectivity index (χ3n) is 2.53. The number of nitrogens with two attached hydrogens (primary N) is 1. The molecule has 0 bridgehead atoms. The number of rotatable bonds is 4. The van der Waals surface area contributed by atoms with E-state index in [1.807, 2.05) is 17.5 Å². The lowest BCUT2D eigenvalue weighted by Gasteiger charge is -1.94. The van der Waals surface area contributed by atoms with Crippen LogP contribution in [0, 0.1) is 0 Å². The van der Waals surface area contributed by atoms with Crippen molar-refractivity contribution < 1.29 is 4.52 Å². The summed E-state index contributed by atoms with van der Waals surface area (Å²) in [6.45, 7) is 0.572. The number of pyridine rings is 1. The van der Waals surface area contributed by atoms with E-state index in [-0.39, 0.29) is 0 Å². The third-order valence-corrected chi connectivity index (χ3v) is 4.07. The summed E-state index contributed by atoms with van der Waals surface area (Å²) in [5.41, 5.74) is 6.82. The van der Waals surface area contributed by atoms with Crippen LogP contribution in [0.25, 0.3) is 23.1 Å². The maximum Gasteiger partial charge on any atom is 0.277 e. The molecule has 102 valence electrons. The fourth-order valence-electron chi connectivity index (χ4n) is 1.62. The van der Waals surface area contributed by atoms with Gasteiger partial charge in [-0.1, -0.05) is 5.16 Å². The Morgan fingerprint density at radius 2 is 2.25 bits per heavy atom. The van der Waals surface area contributed by atoms with Gasteiger partial charge >= 0.3 is 0 Å². The Morgan fingerprint density at radius 1 is 1.35 bits per heavy atom. The number of halogens is 1. The standard InChI is InChI=1S/C12H10BrN5OS/c13-7-2-1-5-15-10(7)11-17-12(19-18-11)8-6-20-9(16-8)3-4-14/h1-2,5-6H,3-4,14H2. The van der Waals surface area contributed by atoms with Crippen molar-refractivity contribution in [2.75, 3.05) is 6.54 Å². The molecule has 0 fully saturated rings. The molecule has 0 saturated heterocycles. The molecule has 3 rings (SSSR count). The Morgan fingerprint density at radius 3 is 3.05 bits per heavy atom. The maximum absolute atomic E-state index is 5.51. The summed E-state index contributed by atoms with van der Waals surface area (Å²) in [7, 11) is 0. The fourth-order valence-corrected chi connectivity index (χ4v) is 2.84. The van der Waals surface area contributed by atoms with Crippen LogP contribution in [0.1, 0.15) is 5.01 Å². The molecule has 0 aliphatic rings. The van der Waals surface area contributed by atoms with Crippen molar-refractivity contribution in [3.8, 4) is 23.1 Å². The Hall–Kier alpha value is -1.64. The first-order chi connectivity index (χ1) is 9.78. The lowest BCUT2D eigenvalue weighted by molar-refractivity contribution is 0.431. The largest absolute Gasteiger partial charge is 0.332 e. The van der Waals surface area contributed by atoms with Crippen molar-refractivity contribution in [2.45, 2.75) is 6.42 Å². The second kappa shape index (κ2) is 5.78. The molecule has 0 amide bonds. The molecule has 0 aliphatic heterocycles. The Bertz CT molecular complexity index is 726. The highest BCUT2D eigenvalue weighted by Crippen LogP contribution is 2.26. The van der Waals surface area contributed by atoms with Crippen molar-refractivity contribution >= 4 is 27.3 Å². The second-order valence-corrected chi connectivity index (χ2v) is 5.72. The zero-order valence-electron chi connectivity index (χ0n) is 10.3. The molecule has 3 aromatic heterocycles. The van der Waals surface area contributed by atoms with Gasteiger partial charge in [0.1, 0.15) is 11.4 Å². The lowest BCUT2D eigenvalue weighted by Crippen LogP contribution is -2.01. The molecule has 3 heterocycles. The second-order valence-electron chi connectivity index (χ2n) is 3.92. The third kappa shape index (κ3) is 2.62. The van der Waals surface area contributed by atoms with Crippen LogP contribution in [0.4, 0.5) is 0 Å². The van der Waals surface area contributed by atoms with Crippen LogP contribution in [0.3, 0.4) is 0 Å². The van der Waals surface area contributed by atoms with E-state index < -0.39 is 0 Å². The van der Waals surface area contributed by atoms with Crippen LogP contribution in [0.5, 0.6) is 0 Å². The molecular weight excluding hydrogens is 342 g/mol. The maximum atomic E-state index is 5.51. The van der Waals surface area contributed by atoms with E-state index in [0.717, 1.165) is 15.9 Å². The van der Waals surface area contributed by atoms with Gasteiger partial charge in [-0.2, -0.15) is 4.98 Å². The quantitative estimate of drug-likeness (QED) is 0.776. The minimum Gasteiger partial charge on any atom is -0.332 e. The number of hydrogen-bond donors (Lipinski definition) is 1. The topological polar surface area (TPSA) is 90.7 Å². The Kier molecular flexibility index (Phi) is 3.86. The highest BCUT2D eigenvalue weighted by molar-refractivity contribution is 9.10. The number of thiazole rings is 1. The van der Waals surface area contributed by atoms with E-state index in [2.05, 4.69) is 36.0 Å². The summed E-state index contributed by atoms with van der Waals surface area (Å²) in [6, 6.07) is 3.70. The van der Waals surface area contributed by atoms with E-state index in [9.17, 15) is 0 Å². The van der Waals surface area contributed by atoms with Crippen molar-refractivity contribution in [1.82, 2.24) is 20.1 Å². The van der Waals surface area contributed by atoms with Crippen molar-refractivity contribution in [1.29, 1.82) is 0 Å². The summed E-state index contributed by atoms with van der Waals surface area (Å²) < 4.78 is 6.06. The Labute approximate surface area is 127 Å². The molecule has 2 N–H and O–H groups in total. The average Bonchev–Trinajstić information content (AvgIpc) is 3.08. The van der Waals surface area contributed by atoms with Gasteiger partial charge in [-0.05, 0) is 34.6 Å². The smallest absolute Gasteiger partial charge is 0.277 e. The van der Waals surface area contributed by atoms with Gasteiger partial charge in [-0.3, -0.25) is 4.98 Å². The van der Waals surface area contributed by atoms with E-state index in [1.165, 1.54) is 11.3 Å². The molecular formula is C12H10BrN5OS. The zero-order valence-corrected chi connectivity index (χ0v) is 12.7. The lowest BCUT2D eigenvalue weighted by atomic mass is 10.3. The van der Waals surface area contributed by atoms with Gasteiger partial charge in [-0.15, -0.1) is 11.3 Å². The molecule has 6 nitrogen and oxygen atoms in total. The summed E-state index contributed by atoms with van der Waals surface area (Å²) in [5, 5.41) is 6.78. The first kappa shape index (κ1) is 13.3. The minimum atomic E-state index is 0.386. The predicted molar refractivity (Wildman–Crippen MR) is 79.1 cm³/mol.